The van der Waals surface area contributed by atoms with Gasteiger partial charge >= 0.3 is 0 Å². The fourth-order valence-electron chi connectivity index (χ4n) is 2.56. The number of aliphatic hydroxyl groups excluding tert-OH is 1. The molecule has 2 aromatic carbocycles. The second-order valence-electron chi connectivity index (χ2n) is 5.52. The molecule has 0 aliphatic carbocycles. The van der Waals surface area contributed by atoms with E-state index in [0.29, 0.717) is 28.8 Å². The third-order valence-electron chi connectivity index (χ3n) is 3.86. The molecule has 0 unspecified atom stereocenters. The van der Waals surface area contributed by atoms with Crippen molar-refractivity contribution < 1.29 is 14.3 Å². The molecule has 0 amide bonds. The van der Waals surface area contributed by atoms with Crippen LogP contribution in [0, 0.1) is 5.82 Å². The zero-order valence-corrected chi connectivity index (χ0v) is 13.0. The molecule has 0 bridgehead atoms. The molecule has 4 nitrogen and oxygen atoms in total. The number of aromatic nitrogens is 2. The molecule has 0 fully saturated rings. The monoisotopic (exact) mass is 324 g/mol. The van der Waals surface area contributed by atoms with Crippen molar-refractivity contribution in [1.29, 1.82) is 0 Å². The van der Waals surface area contributed by atoms with Crippen LogP contribution in [0.2, 0.25) is 0 Å². The maximum atomic E-state index is 13.1. The minimum Gasteiger partial charge on any atom is -0.396 e. The van der Waals surface area contributed by atoms with Gasteiger partial charge in [0.05, 0.1) is 17.5 Å². The van der Waals surface area contributed by atoms with Crippen LogP contribution < -0.4 is 0 Å². The van der Waals surface area contributed by atoms with Gasteiger partial charge in [0, 0.05) is 17.7 Å². The first-order chi connectivity index (χ1) is 11.7. The highest BCUT2D eigenvalue weighted by Crippen LogP contribution is 2.24. The van der Waals surface area contributed by atoms with E-state index in [1.807, 2.05) is 12.1 Å². The van der Waals surface area contributed by atoms with Gasteiger partial charge in [0.25, 0.3) is 0 Å². The number of aliphatic hydroxyl groups is 1. The summed E-state index contributed by atoms with van der Waals surface area (Å²) in [5.74, 6) is -0.471. The molecule has 122 valence electrons. The summed E-state index contributed by atoms with van der Waals surface area (Å²) in [5, 5.41) is 15.6. The molecule has 0 saturated heterocycles. The van der Waals surface area contributed by atoms with Gasteiger partial charge in [-0.2, -0.15) is 5.10 Å². The number of rotatable bonds is 6. The zero-order chi connectivity index (χ0) is 16.9. The Morgan fingerprint density at radius 3 is 2.46 bits per heavy atom. The topological polar surface area (TPSA) is 66.0 Å². The van der Waals surface area contributed by atoms with Crippen molar-refractivity contribution in [2.45, 2.75) is 12.8 Å². The summed E-state index contributed by atoms with van der Waals surface area (Å²) in [6.07, 6.45) is 2.96. The number of halogens is 1. The summed E-state index contributed by atoms with van der Waals surface area (Å²) in [7, 11) is 0. The maximum absolute atomic E-state index is 13.1. The molecule has 5 heteroatoms. The Hall–Kier alpha value is -2.79. The first-order valence-corrected chi connectivity index (χ1v) is 7.73. The van der Waals surface area contributed by atoms with Crippen molar-refractivity contribution in [3.05, 3.63) is 77.2 Å². The summed E-state index contributed by atoms with van der Waals surface area (Å²) in [6, 6.07) is 13.2. The number of nitrogens with one attached hydrogen (secondary N) is 1. The zero-order valence-electron chi connectivity index (χ0n) is 13.0. The Balaban J connectivity index is 1.86. The summed E-state index contributed by atoms with van der Waals surface area (Å²) in [6.45, 7) is 0.150. The van der Waals surface area contributed by atoms with Gasteiger partial charge in [-0.25, -0.2) is 4.39 Å². The Kier molecular flexibility index (Phi) is 4.82. The van der Waals surface area contributed by atoms with E-state index in [0.717, 1.165) is 12.0 Å². The van der Waals surface area contributed by atoms with E-state index in [4.69, 9.17) is 5.11 Å². The number of hydrogen-bond acceptors (Lipinski definition) is 3. The Bertz CT molecular complexity index is 823. The molecule has 24 heavy (non-hydrogen) atoms. The van der Waals surface area contributed by atoms with Gasteiger partial charge in [0.2, 0.25) is 0 Å². The number of aryl methyl sites for hydroxylation is 1. The van der Waals surface area contributed by atoms with Gasteiger partial charge in [0.15, 0.2) is 5.78 Å². The van der Waals surface area contributed by atoms with Crippen molar-refractivity contribution in [2.24, 2.45) is 0 Å². The average molecular weight is 324 g/mol. The number of carbonyl (C=O) groups excluding carboxylic acids is 1. The van der Waals surface area contributed by atoms with Crippen LogP contribution in [-0.4, -0.2) is 27.7 Å². The maximum Gasteiger partial charge on any atom is 0.196 e. The lowest BCUT2D eigenvalue weighted by Gasteiger charge is -2.05. The molecule has 0 radical (unpaired) electrons. The number of hydrogen-bond donors (Lipinski definition) is 2. The second kappa shape index (κ2) is 7.19. The predicted octanol–water partition coefficient (Wildman–Crippen LogP) is 3.37. The Morgan fingerprint density at radius 2 is 1.79 bits per heavy atom. The van der Waals surface area contributed by atoms with Crippen LogP contribution >= 0.6 is 0 Å². The van der Waals surface area contributed by atoms with Crippen molar-refractivity contribution in [1.82, 2.24) is 10.2 Å². The van der Waals surface area contributed by atoms with Crippen LogP contribution in [0.3, 0.4) is 0 Å². The number of H-pyrrole nitrogens is 1. The molecule has 0 aliphatic heterocycles. The van der Waals surface area contributed by atoms with Crippen LogP contribution in [0.1, 0.15) is 27.9 Å². The van der Waals surface area contributed by atoms with E-state index in [2.05, 4.69) is 10.2 Å². The molecule has 1 heterocycles. The molecule has 3 aromatic rings. The first-order valence-electron chi connectivity index (χ1n) is 7.73. The highest BCUT2D eigenvalue weighted by Gasteiger charge is 2.17. The molecule has 1 aromatic heterocycles. The molecule has 2 N–H and O–H groups in total. The fourth-order valence-corrected chi connectivity index (χ4v) is 2.56. The van der Waals surface area contributed by atoms with E-state index in [9.17, 15) is 9.18 Å². The van der Waals surface area contributed by atoms with Crippen LogP contribution in [0.5, 0.6) is 0 Å². The SMILES string of the molecule is O=C(c1ccc(CCCO)cc1)c1cn[nH]c1-c1ccc(F)cc1. The van der Waals surface area contributed by atoms with Crippen LogP contribution in [0.25, 0.3) is 11.3 Å². The molecule has 0 spiro atoms. The molecule has 3 rings (SSSR count). The van der Waals surface area contributed by atoms with Crippen LogP contribution in [0.15, 0.2) is 54.7 Å². The number of aromatic amines is 1. The third kappa shape index (κ3) is 3.41. The first kappa shape index (κ1) is 16.1. The highest BCUT2D eigenvalue weighted by atomic mass is 19.1. The van der Waals surface area contributed by atoms with Gasteiger partial charge in [-0.3, -0.25) is 9.89 Å². The summed E-state index contributed by atoms with van der Waals surface area (Å²) < 4.78 is 13.1. The Morgan fingerprint density at radius 1 is 1.08 bits per heavy atom. The van der Waals surface area contributed by atoms with Gasteiger partial charge in [-0.1, -0.05) is 24.3 Å². The van der Waals surface area contributed by atoms with Crippen molar-refractivity contribution in [2.75, 3.05) is 6.61 Å². The molecule has 0 saturated carbocycles. The van der Waals surface area contributed by atoms with Crippen LogP contribution in [-0.2, 0) is 6.42 Å². The number of nitrogens with zero attached hydrogens (tertiary/aromatic N) is 1. The summed E-state index contributed by atoms with van der Waals surface area (Å²) in [4.78, 5) is 12.7. The lowest BCUT2D eigenvalue weighted by molar-refractivity contribution is 0.103. The van der Waals surface area contributed by atoms with Gasteiger partial charge < -0.3 is 5.11 Å². The minimum atomic E-state index is -0.329. The van der Waals surface area contributed by atoms with Crippen molar-refractivity contribution in [3.8, 4) is 11.3 Å². The Labute approximate surface area is 139 Å². The smallest absolute Gasteiger partial charge is 0.196 e. The third-order valence-corrected chi connectivity index (χ3v) is 3.86. The van der Waals surface area contributed by atoms with E-state index in [-0.39, 0.29) is 18.2 Å². The fraction of sp³-hybridized carbons (Fsp3) is 0.158. The van der Waals surface area contributed by atoms with E-state index in [1.54, 1.807) is 24.3 Å². The van der Waals surface area contributed by atoms with Crippen molar-refractivity contribution in [3.63, 3.8) is 0 Å². The number of ketones is 1. The molecule has 0 atom stereocenters. The standard InChI is InChI=1S/C19H17FN2O2/c20-16-9-7-14(8-10-16)18-17(12-21-22-18)19(24)15-5-3-13(4-6-15)2-1-11-23/h3-10,12,23H,1-2,11H2,(H,21,22). The summed E-state index contributed by atoms with van der Waals surface area (Å²) >= 11 is 0. The van der Waals surface area contributed by atoms with E-state index >= 15 is 0 Å². The quantitative estimate of drug-likeness (QED) is 0.683. The molecule has 0 aliphatic rings. The van der Waals surface area contributed by atoms with E-state index < -0.39 is 0 Å². The second-order valence-corrected chi connectivity index (χ2v) is 5.52. The van der Waals surface area contributed by atoms with Gasteiger partial charge in [-0.05, 0) is 42.7 Å². The van der Waals surface area contributed by atoms with Gasteiger partial charge in [0.1, 0.15) is 5.82 Å². The normalized spacial score (nSPS) is 10.8. The largest absolute Gasteiger partial charge is 0.396 e. The van der Waals surface area contributed by atoms with Crippen molar-refractivity contribution >= 4 is 5.78 Å². The number of benzene rings is 2. The molecular weight excluding hydrogens is 307 g/mol. The minimum absolute atomic E-state index is 0.142. The summed E-state index contributed by atoms with van der Waals surface area (Å²) in [5.41, 5.74) is 3.37. The average Bonchev–Trinajstić information content (AvgIpc) is 3.10. The van der Waals surface area contributed by atoms with E-state index in [1.165, 1.54) is 18.3 Å². The lowest BCUT2D eigenvalue weighted by atomic mass is 9.99. The van der Waals surface area contributed by atoms with Crippen LogP contribution in [0.4, 0.5) is 4.39 Å². The highest BCUT2D eigenvalue weighted by molar-refractivity contribution is 6.12. The number of carbonyl (C=O) groups is 1. The lowest BCUT2D eigenvalue weighted by Crippen LogP contribution is -2.02. The molecular formula is C19H17FN2O2. The van der Waals surface area contributed by atoms with Gasteiger partial charge in [-0.15, -0.1) is 0 Å². The predicted molar refractivity (Wildman–Crippen MR) is 89.3 cm³/mol.